The van der Waals surface area contributed by atoms with Crippen molar-refractivity contribution < 1.29 is 18.3 Å². The van der Waals surface area contributed by atoms with Crippen LogP contribution in [0, 0.1) is 5.82 Å². The van der Waals surface area contributed by atoms with Gasteiger partial charge in [-0.1, -0.05) is 30.8 Å². The molecule has 2 aromatic heterocycles. The molecule has 0 bridgehead atoms. The van der Waals surface area contributed by atoms with Gasteiger partial charge in [-0.3, -0.25) is 4.57 Å². The molecule has 0 aliphatic carbocycles. The predicted molar refractivity (Wildman–Crippen MR) is 112 cm³/mol. The Morgan fingerprint density at radius 3 is 2.42 bits per heavy atom. The summed E-state index contributed by atoms with van der Waals surface area (Å²) in [6.45, 7) is 2.04. The van der Waals surface area contributed by atoms with Gasteiger partial charge in [-0.2, -0.15) is 0 Å². The van der Waals surface area contributed by atoms with Crippen LogP contribution in [-0.2, 0) is 18.8 Å². The van der Waals surface area contributed by atoms with Crippen molar-refractivity contribution in [3.05, 3.63) is 72.0 Å². The molecule has 0 amide bonds. The molecular formula is C21H20FN5O3S. The number of aromatic nitrogens is 5. The molecule has 0 N–H and O–H groups in total. The molecule has 0 unspecified atom stereocenters. The van der Waals surface area contributed by atoms with Crippen molar-refractivity contribution in [3.63, 3.8) is 0 Å². The van der Waals surface area contributed by atoms with Crippen LogP contribution in [0.4, 0.5) is 4.39 Å². The van der Waals surface area contributed by atoms with Gasteiger partial charge in [0.05, 0.1) is 18.6 Å². The van der Waals surface area contributed by atoms with Crippen molar-refractivity contribution in [2.45, 2.75) is 30.9 Å². The summed E-state index contributed by atoms with van der Waals surface area (Å²) in [4.78, 5) is 0. The van der Waals surface area contributed by atoms with Gasteiger partial charge < -0.3 is 13.9 Å². The molecular weight excluding hydrogens is 421 g/mol. The van der Waals surface area contributed by atoms with Gasteiger partial charge in [0.1, 0.15) is 23.9 Å². The third-order valence-electron chi connectivity index (χ3n) is 4.36. The van der Waals surface area contributed by atoms with E-state index in [-0.39, 0.29) is 12.4 Å². The summed E-state index contributed by atoms with van der Waals surface area (Å²) < 4.78 is 32.8. The van der Waals surface area contributed by atoms with Crippen LogP contribution in [0.15, 0.2) is 58.1 Å². The third kappa shape index (κ3) is 4.85. The number of nitrogens with zero attached hydrogens (tertiary/aromatic N) is 5. The van der Waals surface area contributed by atoms with Crippen LogP contribution in [0.25, 0.3) is 5.69 Å². The van der Waals surface area contributed by atoms with Crippen LogP contribution in [0.1, 0.15) is 24.5 Å². The summed E-state index contributed by atoms with van der Waals surface area (Å²) in [7, 11) is 1.60. The fourth-order valence-electron chi connectivity index (χ4n) is 2.80. The van der Waals surface area contributed by atoms with Gasteiger partial charge in [0.2, 0.25) is 11.8 Å². The molecule has 0 saturated heterocycles. The Morgan fingerprint density at radius 1 is 0.968 bits per heavy atom. The fraction of sp³-hybridized carbons (Fsp3) is 0.238. The van der Waals surface area contributed by atoms with Gasteiger partial charge in [-0.05, 0) is 36.4 Å². The SMILES string of the molecule is CCc1nnc(CSc2nnc(COc3ccc(OC)cc3)n2-c2ccccc2F)o1. The Bertz CT molecular complexity index is 1150. The zero-order chi connectivity index (χ0) is 21.6. The minimum absolute atomic E-state index is 0.106. The number of hydrogen-bond acceptors (Lipinski definition) is 8. The highest BCUT2D eigenvalue weighted by atomic mass is 32.2. The van der Waals surface area contributed by atoms with E-state index in [0.717, 1.165) is 5.75 Å². The van der Waals surface area contributed by atoms with E-state index in [0.29, 0.717) is 46.4 Å². The molecule has 0 fully saturated rings. The van der Waals surface area contributed by atoms with Crippen molar-refractivity contribution in [2.75, 3.05) is 7.11 Å². The second-order valence-electron chi connectivity index (χ2n) is 6.38. The second kappa shape index (κ2) is 9.61. The molecule has 0 saturated carbocycles. The Balaban J connectivity index is 1.57. The van der Waals surface area contributed by atoms with Gasteiger partial charge in [-0.15, -0.1) is 20.4 Å². The minimum Gasteiger partial charge on any atom is -0.497 e. The van der Waals surface area contributed by atoms with Gasteiger partial charge in [-0.25, -0.2) is 4.39 Å². The number of halogens is 1. The summed E-state index contributed by atoms with van der Waals surface area (Å²) in [5, 5.41) is 16.9. The van der Waals surface area contributed by atoms with E-state index in [1.807, 2.05) is 6.92 Å². The zero-order valence-corrected chi connectivity index (χ0v) is 17.8. The van der Waals surface area contributed by atoms with Crippen LogP contribution in [-0.4, -0.2) is 32.1 Å². The minimum atomic E-state index is -0.388. The number of benzene rings is 2. The molecule has 2 heterocycles. The third-order valence-corrected chi connectivity index (χ3v) is 5.27. The van der Waals surface area contributed by atoms with Gasteiger partial charge in [0.15, 0.2) is 11.0 Å². The highest BCUT2D eigenvalue weighted by Crippen LogP contribution is 2.27. The zero-order valence-electron chi connectivity index (χ0n) is 17.0. The number of aryl methyl sites for hydroxylation is 1. The molecule has 0 radical (unpaired) electrons. The average Bonchev–Trinajstić information content (AvgIpc) is 3.43. The van der Waals surface area contributed by atoms with E-state index in [1.165, 1.54) is 17.8 Å². The Morgan fingerprint density at radius 2 is 1.71 bits per heavy atom. The molecule has 0 spiro atoms. The molecule has 0 atom stereocenters. The smallest absolute Gasteiger partial charge is 0.226 e. The molecule has 4 rings (SSSR count). The monoisotopic (exact) mass is 441 g/mol. The van der Waals surface area contributed by atoms with Crippen LogP contribution in [0.3, 0.4) is 0 Å². The lowest BCUT2D eigenvalue weighted by Gasteiger charge is -2.12. The summed E-state index contributed by atoms with van der Waals surface area (Å²) in [5.41, 5.74) is 0.336. The Kier molecular flexibility index (Phi) is 6.46. The maximum Gasteiger partial charge on any atom is 0.226 e. The maximum atomic E-state index is 14.6. The highest BCUT2D eigenvalue weighted by molar-refractivity contribution is 7.98. The standard InChI is InChI=1S/C21H20FN5O3S/c1-3-19-24-25-20(30-19)13-31-21-26-23-18(27(21)17-7-5-4-6-16(17)22)12-29-15-10-8-14(28-2)9-11-15/h4-11H,3,12-13H2,1-2H3. The topological polar surface area (TPSA) is 88.1 Å². The number of ether oxygens (including phenoxy) is 2. The summed E-state index contributed by atoms with van der Waals surface area (Å²) >= 11 is 1.33. The van der Waals surface area contributed by atoms with Crippen molar-refractivity contribution in [1.29, 1.82) is 0 Å². The lowest BCUT2D eigenvalue weighted by Crippen LogP contribution is -2.08. The first-order valence-corrected chi connectivity index (χ1v) is 10.6. The van der Waals surface area contributed by atoms with Gasteiger partial charge in [0.25, 0.3) is 0 Å². The molecule has 10 heteroatoms. The van der Waals surface area contributed by atoms with Crippen LogP contribution >= 0.6 is 11.8 Å². The first kappa shape index (κ1) is 20.9. The molecule has 0 aliphatic rings. The first-order chi connectivity index (χ1) is 15.2. The fourth-order valence-corrected chi connectivity index (χ4v) is 3.60. The second-order valence-corrected chi connectivity index (χ2v) is 7.32. The largest absolute Gasteiger partial charge is 0.497 e. The molecule has 160 valence electrons. The maximum absolute atomic E-state index is 14.6. The molecule has 0 aliphatic heterocycles. The van der Waals surface area contributed by atoms with E-state index in [9.17, 15) is 4.39 Å². The van der Waals surface area contributed by atoms with Crippen LogP contribution < -0.4 is 9.47 Å². The Labute approximate surface area is 182 Å². The van der Waals surface area contributed by atoms with E-state index in [4.69, 9.17) is 13.9 Å². The Hall–Kier alpha value is -3.40. The lowest BCUT2D eigenvalue weighted by molar-refractivity contribution is 0.292. The normalized spacial score (nSPS) is 10.9. The average molecular weight is 441 g/mol. The van der Waals surface area contributed by atoms with Gasteiger partial charge in [0, 0.05) is 6.42 Å². The lowest BCUT2D eigenvalue weighted by atomic mass is 10.3. The van der Waals surface area contributed by atoms with Crippen molar-refractivity contribution >= 4 is 11.8 Å². The number of hydrogen-bond donors (Lipinski definition) is 0. The molecule has 8 nitrogen and oxygen atoms in total. The molecule has 2 aromatic carbocycles. The number of methoxy groups -OCH3 is 1. The van der Waals surface area contributed by atoms with Crippen LogP contribution in [0.2, 0.25) is 0 Å². The van der Waals surface area contributed by atoms with Crippen molar-refractivity contribution in [1.82, 2.24) is 25.0 Å². The van der Waals surface area contributed by atoms with E-state index in [2.05, 4.69) is 20.4 Å². The highest BCUT2D eigenvalue weighted by Gasteiger charge is 2.19. The van der Waals surface area contributed by atoms with E-state index < -0.39 is 0 Å². The van der Waals surface area contributed by atoms with Crippen molar-refractivity contribution in [2.24, 2.45) is 0 Å². The van der Waals surface area contributed by atoms with Crippen LogP contribution in [0.5, 0.6) is 11.5 Å². The summed E-state index contributed by atoms with van der Waals surface area (Å²) in [6, 6.07) is 13.6. The molecule has 31 heavy (non-hydrogen) atoms. The molecule has 4 aromatic rings. The van der Waals surface area contributed by atoms with Crippen molar-refractivity contribution in [3.8, 4) is 17.2 Å². The van der Waals surface area contributed by atoms with E-state index in [1.54, 1.807) is 54.1 Å². The number of para-hydroxylation sites is 1. The summed E-state index contributed by atoms with van der Waals surface area (Å²) in [5.74, 6) is 2.87. The predicted octanol–water partition coefficient (Wildman–Crippen LogP) is 4.23. The summed E-state index contributed by atoms with van der Waals surface area (Å²) in [6.07, 6.45) is 0.663. The van der Waals surface area contributed by atoms with Gasteiger partial charge >= 0.3 is 0 Å². The number of rotatable bonds is 9. The first-order valence-electron chi connectivity index (χ1n) is 9.58. The number of thioether (sulfide) groups is 1. The quantitative estimate of drug-likeness (QED) is 0.357. The van der Waals surface area contributed by atoms with E-state index >= 15 is 0 Å².